The van der Waals surface area contributed by atoms with E-state index >= 15 is 0 Å². The largest absolute Gasteiger partial charge is 0.313 e. The lowest BCUT2D eigenvalue weighted by atomic mass is 10.4. The zero-order valence-corrected chi connectivity index (χ0v) is 6.86. The van der Waals surface area contributed by atoms with Gasteiger partial charge in [-0.3, -0.25) is 9.36 Å². The molecule has 0 unspecified atom stereocenters. The summed E-state index contributed by atoms with van der Waals surface area (Å²) in [7, 11) is 0. The summed E-state index contributed by atoms with van der Waals surface area (Å²) in [5.74, 6) is 0. The molecule has 56 valence electrons. The van der Waals surface area contributed by atoms with Gasteiger partial charge in [0.25, 0.3) is 0 Å². The van der Waals surface area contributed by atoms with Gasteiger partial charge in [-0.05, 0) is 13.8 Å². The van der Waals surface area contributed by atoms with Crippen molar-refractivity contribution >= 4 is 11.3 Å². The lowest BCUT2D eigenvalue weighted by Crippen LogP contribution is -2.19. The van der Waals surface area contributed by atoms with E-state index in [-0.39, 0.29) is 11.5 Å². The highest BCUT2D eigenvalue weighted by molar-refractivity contribution is 7.09. The highest BCUT2D eigenvalue weighted by Gasteiger charge is 2.03. The van der Waals surface area contributed by atoms with Crippen LogP contribution in [-0.2, 0) is 6.67 Å². The summed E-state index contributed by atoms with van der Waals surface area (Å²) < 4.78 is 1.57. The Bertz CT molecular complexity index is 286. The zero-order valence-electron chi connectivity index (χ0n) is 6.05. The molecule has 1 heterocycles. The predicted molar refractivity (Wildman–Crippen MR) is 42.2 cm³/mol. The van der Waals surface area contributed by atoms with Gasteiger partial charge in [0.1, 0.15) is 0 Å². The molecule has 1 aromatic heterocycles. The molecule has 0 radical (unpaired) electrons. The molecule has 0 aliphatic carbocycles. The quantitative estimate of drug-likeness (QED) is 0.644. The van der Waals surface area contributed by atoms with E-state index < -0.39 is 0 Å². The first-order valence-corrected chi connectivity index (χ1v) is 3.85. The van der Waals surface area contributed by atoms with Gasteiger partial charge >= 0.3 is 4.87 Å². The van der Waals surface area contributed by atoms with Crippen LogP contribution in [0.5, 0.6) is 0 Å². The van der Waals surface area contributed by atoms with Gasteiger partial charge in [0.2, 0.25) is 0 Å². The molecule has 0 atom stereocenters. The molecular weight excluding hydrogens is 148 g/mol. The van der Waals surface area contributed by atoms with Crippen LogP contribution in [0.15, 0.2) is 4.79 Å². The van der Waals surface area contributed by atoms with Crippen LogP contribution in [0, 0.1) is 13.8 Å². The molecule has 0 bridgehead atoms. The molecule has 10 heavy (non-hydrogen) atoms. The highest BCUT2D eigenvalue weighted by atomic mass is 32.1. The van der Waals surface area contributed by atoms with Crippen molar-refractivity contribution in [3.63, 3.8) is 0 Å². The molecule has 0 aliphatic heterocycles. The number of thiazole rings is 1. The summed E-state index contributed by atoms with van der Waals surface area (Å²) in [4.78, 5) is 12.1. The minimum atomic E-state index is 0.0394. The third-order valence-corrected chi connectivity index (χ3v) is 2.55. The van der Waals surface area contributed by atoms with Gasteiger partial charge in [0, 0.05) is 10.6 Å². The SMILES string of the molecule is Cc1sc(=O)n(CN)c1C. The van der Waals surface area contributed by atoms with Crippen molar-refractivity contribution in [1.82, 2.24) is 4.57 Å². The van der Waals surface area contributed by atoms with Crippen LogP contribution in [0.4, 0.5) is 0 Å². The summed E-state index contributed by atoms with van der Waals surface area (Å²) in [6, 6.07) is 0. The predicted octanol–water partition coefficient (Wildman–Crippen LogP) is 0.443. The van der Waals surface area contributed by atoms with Crippen LogP contribution in [0.3, 0.4) is 0 Å². The number of aryl methyl sites for hydroxylation is 1. The van der Waals surface area contributed by atoms with Crippen molar-refractivity contribution in [2.75, 3.05) is 0 Å². The Kier molecular flexibility index (Phi) is 1.92. The lowest BCUT2D eigenvalue weighted by molar-refractivity contribution is 0.694. The molecule has 4 heteroatoms. The van der Waals surface area contributed by atoms with E-state index in [9.17, 15) is 4.79 Å². The summed E-state index contributed by atoms with van der Waals surface area (Å²) in [5, 5.41) is 0. The van der Waals surface area contributed by atoms with Crippen molar-refractivity contribution in [1.29, 1.82) is 0 Å². The molecule has 0 amide bonds. The number of nitrogens with zero attached hydrogens (tertiary/aromatic N) is 1. The first kappa shape index (κ1) is 7.50. The van der Waals surface area contributed by atoms with E-state index in [0.29, 0.717) is 0 Å². The average molecular weight is 158 g/mol. The lowest BCUT2D eigenvalue weighted by Gasteiger charge is -1.97. The fraction of sp³-hybridized carbons (Fsp3) is 0.500. The van der Waals surface area contributed by atoms with Crippen molar-refractivity contribution in [2.24, 2.45) is 5.73 Å². The first-order valence-electron chi connectivity index (χ1n) is 3.03. The number of hydrogen-bond donors (Lipinski definition) is 1. The Morgan fingerprint density at radius 1 is 1.60 bits per heavy atom. The van der Waals surface area contributed by atoms with E-state index in [2.05, 4.69) is 0 Å². The van der Waals surface area contributed by atoms with Crippen LogP contribution in [0.2, 0.25) is 0 Å². The Morgan fingerprint density at radius 2 is 2.20 bits per heavy atom. The third kappa shape index (κ3) is 0.998. The summed E-state index contributed by atoms with van der Waals surface area (Å²) >= 11 is 1.25. The summed E-state index contributed by atoms with van der Waals surface area (Å²) in [5.41, 5.74) is 6.32. The van der Waals surface area contributed by atoms with Gasteiger partial charge in [-0.1, -0.05) is 11.3 Å². The fourth-order valence-electron chi connectivity index (χ4n) is 0.798. The topological polar surface area (TPSA) is 48.0 Å². The maximum atomic E-state index is 11.0. The number of hydrogen-bond acceptors (Lipinski definition) is 3. The molecule has 2 N–H and O–H groups in total. The van der Waals surface area contributed by atoms with E-state index in [1.54, 1.807) is 4.57 Å². The fourth-order valence-corrected chi connectivity index (χ4v) is 1.64. The average Bonchev–Trinajstić information content (AvgIpc) is 2.09. The van der Waals surface area contributed by atoms with Gasteiger partial charge in [0.05, 0.1) is 6.67 Å². The van der Waals surface area contributed by atoms with Crippen molar-refractivity contribution < 1.29 is 0 Å². The second-order valence-electron chi connectivity index (χ2n) is 2.12. The number of nitrogens with two attached hydrogens (primary N) is 1. The molecule has 3 nitrogen and oxygen atoms in total. The minimum absolute atomic E-state index is 0.0394. The molecule has 0 fully saturated rings. The number of rotatable bonds is 1. The Balaban J connectivity index is 3.34. The van der Waals surface area contributed by atoms with Gasteiger partial charge in [-0.2, -0.15) is 0 Å². The maximum absolute atomic E-state index is 11.0. The Labute approximate surface area is 63.1 Å². The maximum Gasteiger partial charge on any atom is 0.308 e. The van der Waals surface area contributed by atoms with Crippen LogP contribution >= 0.6 is 11.3 Å². The first-order chi connectivity index (χ1) is 4.66. The second-order valence-corrected chi connectivity index (χ2v) is 3.29. The third-order valence-electron chi connectivity index (χ3n) is 1.56. The molecule has 0 saturated heterocycles. The van der Waals surface area contributed by atoms with Crippen molar-refractivity contribution in [2.45, 2.75) is 20.5 Å². The standard InChI is InChI=1S/C6H10N2OS/c1-4-5(2)10-6(9)8(4)3-7/h3,7H2,1-2H3. The van der Waals surface area contributed by atoms with E-state index in [4.69, 9.17) is 5.73 Å². The molecule has 0 spiro atoms. The highest BCUT2D eigenvalue weighted by Crippen LogP contribution is 2.07. The summed E-state index contributed by atoms with van der Waals surface area (Å²) in [6.45, 7) is 4.11. The second kappa shape index (κ2) is 2.56. The van der Waals surface area contributed by atoms with Gasteiger partial charge < -0.3 is 5.73 Å². The Morgan fingerprint density at radius 3 is 2.40 bits per heavy atom. The van der Waals surface area contributed by atoms with Crippen LogP contribution in [0.25, 0.3) is 0 Å². The Hall–Kier alpha value is -0.610. The van der Waals surface area contributed by atoms with Crippen LogP contribution in [0.1, 0.15) is 10.6 Å². The smallest absolute Gasteiger partial charge is 0.308 e. The van der Waals surface area contributed by atoms with Gasteiger partial charge in [-0.15, -0.1) is 0 Å². The molecule has 1 aromatic rings. The van der Waals surface area contributed by atoms with Gasteiger partial charge in [0.15, 0.2) is 0 Å². The normalized spacial score (nSPS) is 10.3. The van der Waals surface area contributed by atoms with Crippen molar-refractivity contribution in [3.05, 3.63) is 20.2 Å². The molecule has 0 aliphatic rings. The van der Waals surface area contributed by atoms with E-state index in [0.717, 1.165) is 10.6 Å². The minimum Gasteiger partial charge on any atom is -0.313 e. The van der Waals surface area contributed by atoms with E-state index in [1.807, 2.05) is 13.8 Å². The van der Waals surface area contributed by atoms with Crippen molar-refractivity contribution in [3.8, 4) is 0 Å². The molecule has 1 rings (SSSR count). The number of aromatic nitrogens is 1. The zero-order chi connectivity index (χ0) is 7.72. The summed E-state index contributed by atoms with van der Waals surface area (Å²) in [6.07, 6.45) is 0. The molecule has 0 aromatic carbocycles. The van der Waals surface area contributed by atoms with Crippen LogP contribution < -0.4 is 10.6 Å². The van der Waals surface area contributed by atoms with Gasteiger partial charge in [-0.25, -0.2) is 0 Å². The molecular formula is C6H10N2OS. The van der Waals surface area contributed by atoms with Crippen LogP contribution in [-0.4, -0.2) is 4.57 Å². The molecule has 0 saturated carbocycles. The monoisotopic (exact) mass is 158 g/mol. The van der Waals surface area contributed by atoms with E-state index in [1.165, 1.54) is 11.3 Å².